The van der Waals surface area contributed by atoms with Crippen LogP contribution in [0, 0.1) is 6.92 Å². The maximum absolute atomic E-state index is 4.67. The SMILES string of the molecule is CNC(c1cccc(C)n1)c1cccc2ccccc12. The molecule has 100 valence electrons. The molecule has 0 saturated carbocycles. The van der Waals surface area contributed by atoms with Crippen LogP contribution in [-0.2, 0) is 0 Å². The second-order valence-corrected chi connectivity index (χ2v) is 4.99. The van der Waals surface area contributed by atoms with Gasteiger partial charge >= 0.3 is 0 Å². The smallest absolute Gasteiger partial charge is 0.0755 e. The highest BCUT2D eigenvalue weighted by atomic mass is 14.9. The molecule has 2 aromatic carbocycles. The summed E-state index contributed by atoms with van der Waals surface area (Å²) in [6, 6.07) is 21.2. The molecule has 3 aromatic rings. The molecular formula is C18H18N2. The summed E-state index contributed by atoms with van der Waals surface area (Å²) in [7, 11) is 1.98. The van der Waals surface area contributed by atoms with Crippen molar-refractivity contribution in [3.05, 3.63) is 77.6 Å². The van der Waals surface area contributed by atoms with Crippen LogP contribution in [0.1, 0.15) is 23.0 Å². The lowest BCUT2D eigenvalue weighted by Gasteiger charge is -2.18. The largest absolute Gasteiger partial charge is 0.308 e. The van der Waals surface area contributed by atoms with Crippen molar-refractivity contribution in [3.63, 3.8) is 0 Å². The molecule has 0 bridgehead atoms. The second kappa shape index (κ2) is 5.43. The van der Waals surface area contributed by atoms with Crippen LogP contribution in [0.4, 0.5) is 0 Å². The predicted molar refractivity (Wildman–Crippen MR) is 83.8 cm³/mol. The van der Waals surface area contributed by atoms with Crippen LogP contribution in [0.15, 0.2) is 60.7 Å². The summed E-state index contributed by atoms with van der Waals surface area (Å²) in [6.45, 7) is 2.03. The van der Waals surface area contributed by atoms with Crippen molar-refractivity contribution in [2.24, 2.45) is 0 Å². The highest BCUT2D eigenvalue weighted by molar-refractivity contribution is 5.86. The first-order valence-electron chi connectivity index (χ1n) is 6.88. The van der Waals surface area contributed by atoms with E-state index in [0.29, 0.717) is 0 Å². The van der Waals surface area contributed by atoms with E-state index in [0.717, 1.165) is 11.4 Å². The van der Waals surface area contributed by atoms with Crippen LogP contribution in [0.25, 0.3) is 10.8 Å². The van der Waals surface area contributed by atoms with Gasteiger partial charge in [-0.3, -0.25) is 4.98 Å². The average Bonchev–Trinajstić information content (AvgIpc) is 2.48. The van der Waals surface area contributed by atoms with Crippen LogP contribution >= 0.6 is 0 Å². The summed E-state index contributed by atoms with van der Waals surface area (Å²) in [5, 5.41) is 5.93. The maximum Gasteiger partial charge on any atom is 0.0755 e. The number of hydrogen-bond acceptors (Lipinski definition) is 2. The molecule has 1 unspecified atom stereocenters. The Morgan fingerprint density at radius 1 is 0.900 bits per heavy atom. The predicted octanol–water partition coefficient (Wildman–Crippen LogP) is 3.85. The molecule has 0 fully saturated rings. The first-order valence-corrected chi connectivity index (χ1v) is 6.88. The summed E-state index contributed by atoms with van der Waals surface area (Å²) in [5.41, 5.74) is 3.37. The molecule has 0 aliphatic rings. The van der Waals surface area contributed by atoms with Gasteiger partial charge in [0.1, 0.15) is 0 Å². The number of aryl methyl sites for hydroxylation is 1. The third kappa shape index (κ3) is 2.30. The van der Waals surface area contributed by atoms with E-state index in [1.807, 2.05) is 20.0 Å². The highest BCUT2D eigenvalue weighted by Crippen LogP contribution is 2.27. The third-order valence-corrected chi connectivity index (χ3v) is 3.63. The Labute approximate surface area is 119 Å². The molecule has 1 aromatic heterocycles. The second-order valence-electron chi connectivity index (χ2n) is 4.99. The fraction of sp³-hybridized carbons (Fsp3) is 0.167. The minimum absolute atomic E-state index is 0.112. The molecule has 0 aliphatic heterocycles. The lowest BCUT2D eigenvalue weighted by Crippen LogP contribution is -2.19. The zero-order valence-electron chi connectivity index (χ0n) is 11.8. The Morgan fingerprint density at radius 3 is 2.45 bits per heavy atom. The van der Waals surface area contributed by atoms with Crippen molar-refractivity contribution in [1.82, 2.24) is 10.3 Å². The van der Waals surface area contributed by atoms with Crippen molar-refractivity contribution < 1.29 is 0 Å². The lowest BCUT2D eigenvalue weighted by atomic mass is 9.96. The van der Waals surface area contributed by atoms with E-state index in [1.54, 1.807) is 0 Å². The van der Waals surface area contributed by atoms with Gasteiger partial charge in [0.2, 0.25) is 0 Å². The topological polar surface area (TPSA) is 24.9 Å². The zero-order valence-corrected chi connectivity index (χ0v) is 11.8. The van der Waals surface area contributed by atoms with Crippen LogP contribution in [-0.4, -0.2) is 12.0 Å². The molecule has 3 rings (SSSR count). The van der Waals surface area contributed by atoms with Gasteiger partial charge in [-0.1, -0.05) is 48.5 Å². The van der Waals surface area contributed by atoms with Crippen LogP contribution in [0.2, 0.25) is 0 Å². The van der Waals surface area contributed by atoms with Crippen LogP contribution in [0.5, 0.6) is 0 Å². The number of nitrogens with zero attached hydrogens (tertiary/aromatic N) is 1. The molecule has 2 heteroatoms. The fourth-order valence-corrected chi connectivity index (χ4v) is 2.69. The molecule has 1 heterocycles. The van der Waals surface area contributed by atoms with Gasteiger partial charge < -0.3 is 5.32 Å². The van der Waals surface area contributed by atoms with Gasteiger partial charge in [0.25, 0.3) is 0 Å². The van der Waals surface area contributed by atoms with Crippen molar-refractivity contribution in [2.75, 3.05) is 7.05 Å². The normalized spacial score (nSPS) is 12.5. The Kier molecular flexibility index (Phi) is 3.48. The average molecular weight is 262 g/mol. The minimum atomic E-state index is 0.112. The van der Waals surface area contributed by atoms with E-state index in [-0.39, 0.29) is 6.04 Å². The van der Waals surface area contributed by atoms with E-state index < -0.39 is 0 Å². The van der Waals surface area contributed by atoms with Gasteiger partial charge in [-0.25, -0.2) is 0 Å². The van der Waals surface area contributed by atoms with E-state index >= 15 is 0 Å². The van der Waals surface area contributed by atoms with Crippen molar-refractivity contribution in [2.45, 2.75) is 13.0 Å². The van der Waals surface area contributed by atoms with Crippen LogP contribution in [0.3, 0.4) is 0 Å². The number of fused-ring (bicyclic) bond motifs is 1. The highest BCUT2D eigenvalue weighted by Gasteiger charge is 2.15. The van der Waals surface area contributed by atoms with Gasteiger partial charge in [0.05, 0.1) is 11.7 Å². The van der Waals surface area contributed by atoms with Gasteiger partial charge in [0.15, 0.2) is 0 Å². The summed E-state index contributed by atoms with van der Waals surface area (Å²) in [4.78, 5) is 4.67. The summed E-state index contributed by atoms with van der Waals surface area (Å²) in [6.07, 6.45) is 0. The number of nitrogens with one attached hydrogen (secondary N) is 1. The van der Waals surface area contributed by atoms with Gasteiger partial charge in [-0.15, -0.1) is 0 Å². The summed E-state index contributed by atoms with van der Waals surface area (Å²) >= 11 is 0. The molecular weight excluding hydrogens is 244 g/mol. The Balaban J connectivity index is 2.17. The quantitative estimate of drug-likeness (QED) is 0.775. The summed E-state index contributed by atoms with van der Waals surface area (Å²) in [5.74, 6) is 0. The van der Waals surface area contributed by atoms with Gasteiger partial charge in [0, 0.05) is 5.69 Å². The van der Waals surface area contributed by atoms with E-state index in [4.69, 9.17) is 0 Å². The molecule has 2 nitrogen and oxygen atoms in total. The fourth-order valence-electron chi connectivity index (χ4n) is 2.69. The van der Waals surface area contributed by atoms with Gasteiger partial charge in [-0.2, -0.15) is 0 Å². The molecule has 1 N–H and O–H groups in total. The number of aromatic nitrogens is 1. The molecule has 20 heavy (non-hydrogen) atoms. The number of rotatable bonds is 3. The molecule has 0 spiro atoms. The number of hydrogen-bond donors (Lipinski definition) is 1. The molecule has 0 radical (unpaired) electrons. The van der Waals surface area contributed by atoms with Crippen molar-refractivity contribution >= 4 is 10.8 Å². The monoisotopic (exact) mass is 262 g/mol. The first kappa shape index (κ1) is 12.8. The third-order valence-electron chi connectivity index (χ3n) is 3.63. The standard InChI is InChI=1S/C18H18N2/c1-13-7-5-12-17(20-13)18(19-2)16-11-6-9-14-8-3-4-10-15(14)16/h3-12,18-19H,1-2H3. The maximum atomic E-state index is 4.67. The molecule has 0 amide bonds. The Morgan fingerprint density at radius 2 is 1.65 bits per heavy atom. The van der Waals surface area contributed by atoms with Crippen molar-refractivity contribution in [1.29, 1.82) is 0 Å². The van der Waals surface area contributed by atoms with E-state index in [1.165, 1.54) is 16.3 Å². The number of pyridine rings is 1. The lowest BCUT2D eigenvalue weighted by molar-refractivity contribution is 0.673. The van der Waals surface area contributed by atoms with Crippen LogP contribution < -0.4 is 5.32 Å². The van der Waals surface area contributed by atoms with Crippen molar-refractivity contribution in [3.8, 4) is 0 Å². The first-order chi connectivity index (χ1) is 9.79. The Bertz CT molecular complexity index is 729. The molecule has 1 atom stereocenters. The zero-order chi connectivity index (χ0) is 13.9. The minimum Gasteiger partial charge on any atom is -0.308 e. The van der Waals surface area contributed by atoms with E-state index in [2.05, 4.69) is 64.9 Å². The van der Waals surface area contributed by atoms with Gasteiger partial charge in [-0.05, 0) is 42.4 Å². The summed E-state index contributed by atoms with van der Waals surface area (Å²) < 4.78 is 0. The Hall–Kier alpha value is -2.19. The van der Waals surface area contributed by atoms with E-state index in [9.17, 15) is 0 Å². The molecule has 0 saturated heterocycles. The number of benzene rings is 2. The molecule has 0 aliphatic carbocycles.